The van der Waals surface area contributed by atoms with Gasteiger partial charge in [0, 0.05) is 36.9 Å². The van der Waals surface area contributed by atoms with Gasteiger partial charge >= 0.3 is 0 Å². The molecule has 1 fully saturated rings. The fourth-order valence-electron chi connectivity index (χ4n) is 3.50. The van der Waals surface area contributed by atoms with Crippen molar-refractivity contribution in [3.8, 4) is 0 Å². The van der Waals surface area contributed by atoms with Crippen molar-refractivity contribution in [3.63, 3.8) is 0 Å². The number of piperazine rings is 1. The molecule has 0 unspecified atom stereocenters. The first-order valence-corrected chi connectivity index (χ1v) is 11.8. The minimum absolute atomic E-state index is 0.185. The van der Waals surface area contributed by atoms with Crippen LogP contribution in [0.3, 0.4) is 0 Å². The Kier molecular flexibility index (Phi) is 6.11. The van der Waals surface area contributed by atoms with E-state index in [2.05, 4.69) is 43.8 Å². The molecule has 30 heavy (non-hydrogen) atoms. The molecule has 2 aromatic carbocycles. The molecule has 0 atom stereocenters. The standard InChI is InChI=1S/C22H23ClN4O2S/c23-21-9-5-4-6-18(21)17-30(28,29)25-19-10-11-22(24-16-19)27-14-12-26(13-15-27)20-7-2-1-3-8-20/h1-11,16,25H,12-15,17H2. The number of aromatic nitrogens is 1. The van der Waals surface area contributed by atoms with Crippen molar-refractivity contribution in [1.82, 2.24) is 4.98 Å². The van der Waals surface area contributed by atoms with Crippen LogP contribution in [-0.4, -0.2) is 39.6 Å². The Morgan fingerprint density at radius 1 is 0.867 bits per heavy atom. The number of benzene rings is 2. The van der Waals surface area contributed by atoms with Gasteiger partial charge in [-0.15, -0.1) is 0 Å². The molecule has 1 aliphatic rings. The van der Waals surface area contributed by atoms with Crippen LogP contribution in [0.5, 0.6) is 0 Å². The van der Waals surface area contributed by atoms with Crippen LogP contribution < -0.4 is 14.5 Å². The number of pyridine rings is 1. The SMILES string of the molecule is O=S(=O)(Cc1ccccc1Cl)Nc1ccc(N2CCN(c3ccccc3)CC2)nc1. The normalized spacial score (nSPS) is 14.6. The highest BCUT2D eigenvalue weighted by molar-refractivity contribution is 7.91. The number of nitrogens with one attached hydrogen (secondary N) is 1. The molecule has 0 saturated carbocycles. The Morgan fingerprint density at radius 2 is 1.53 bits per heavy atom. The summed E-state index contributed by atoms with van der Waals surface area (Å²) in [5, 5.41) is 0.436. The first kappa shape index (κ1) is 20.5. The first-order chi connectivity index (χ1) is 14.5. The molecule has 1 saturated heterocycles. The first-order valence-electron chi connectivity index (χ1n) is 9.75. The van der Waals surface area contributed by atoms with E-state index in [-0.39, 0.29) is 5.75 Å². The molecule has 1 N–H and O–H groups in total. The maximum Gasteiger partial charge on any atom is 0.237 e. The molecule has 156 valence electrons. The molecule has 3 aromatic rings. The van der Waals surface area contributed by atoms with Gasteiger partial charge in [0.05, 0.1) is 17.6 Å². The number of rotatable bonds is 6. The van der Waals surface area contributed by atoms with Crippen LogP contribution in [0.2, 0.25) is 5.02 Å². The fraction of sp³-hybridized carbons (Fsp3) is 0.227. The highest BCUT2D eigenvalue weighted by Crippen LogP contribution is 2.22. The zero-order chi connectivity index (χ0) is 21.0. The Morgan fingerprint density at radius 3 is 2.20 bits per heavy atom. The van der Waals surface area contributed by atoms with Crippen molar-refractivity contribution in [1.29, 1.82) is 0 Å². The van der Waals surface area contributed by atoms with E-state index in [4.69, 9.17) is 11.6 Å². The molecule has 0 radical (unpaired) electrons. The molecular formula is C22H23ClN4O2S. The summed E-state index contributed by atoms with van der Waals surface area (Å²) in [4.78, 5) is 9.03. The van der Waals surface area contributed by atoms with Gasteiger partial charge in [-0.25, -0.2) is 13.4 Å². The second-order valence-corrected chi connectivity index (χ2v) is 9.30. The average Bonchev–Trinajstić information content (AvgIpc) is 2.76. The Hall–Kier alpha value is -2.77. The summed E-state index contributed by atoms with van der Waals surface area (Å²) in [5.41, 5.74) is 2.23. The summed E-state index contributed by atoms with van der Waals surface area (Å²) in [6, 6.07) is 20.9. The monoisotopic (exact) mass is 442 g/mol. The summed E-state index contributed by atoms with van der Waals surface area (Å²) < 4.78 is 27.5. The van der Waals surface area contributed by atoms with E-state index in [0.717, 1.165) is 32.0 Å². The summed E-state index contributed by atoms with van der Waals surface area (Å²) in [6.45, 7) is 3.55. The van der Waals surface area contributed by atoms with E-state index in [1.54, 1.807) is 36.5 Å². The number of halogens is 1. The summed E-state index contributed by atoms with van der Waals surface area (Å²) in [6.07, 6.45) is 1.56. The summed E-state index contributed by atoms with van der Waals surface area (Å²) in [5.74, 6) is 0.660. The van der Waals surface area contributed by atoms with E-state index in [0.29, 0.717) is 16.3 Å². The lowest BCUT2D eigenvalue weighted by Gasteiger charge is -2.36. The van der Waals surface area contributed by atoms with Gasteiger partial charge in [0.25, 0.3) is 0 Å². The topological polar surface area (TPSA) is 65.5 Å². The third-order valence-electron chi connectivity index (χ3n) is 5.05. The Bertz CT molecular complexity index is 1080. The van der Waals surface area contributed by atoms with Crippen LogP contribution in [-0.2, 0) is 15.8 Å². The maximum atomic E-state index is 12.5. The van der Waals surface area contributed by atoms with E-state index >= 15 is 0 Å². The van der Waals surface area contributed by atoms with Crippen LogP contribution in [0, 0.1) is 0 Å². The van der Waals surface area contributed by atoms with Crippen molar-refractivity contribution < 1.29 is 8.42 Å². The van der Waals surface area contributed by atoms with Crippen LogP contribution in [0.15, 0.2) is 72.9 Å². The molecule has 0 bridgehead atoms. The van der Waals surface area contributed by atoms with Crippen molar-refractivity contribution in [2.75, 3.05) is 40.7 Å². The minimum Gasteiger partial charge on any atom is -0.368 e. The smallest absolute Gasteiger partial charge is 0.237 e. The number of sulfonamides is 1. The second-order valence-electron chi connectivity index (χ2n) is 7.17. The van der Waals surface area contributed by atoms with Gasteiger partial charge in [-0.1, -0.05) is 48.0 Å². The van der Waals surface area contributed by atoms with E-state index in [1.807, 2.05) is 12.1 Å². The number of hydrogen-bond donors (Lipinski definition) is 1. The van der Waals surface area contributed by atoms with Gasteiger partial charge in [0.15, 0.2) is 0 Å². The highest BCUT2D eigenvalue weighted by atomic mass is 35.5. The average molecular weight is 443 g/mol. The second kappa shape index (κ2) is 8.93. The number of nitrogens with zero attached hydrogens (tertiary/aromatic N) is 3. The maximum absolute atomic E-state index is 12.5. The molecule has 2 heterocycles. The molecule has 0 aliphatic carbocycles. The lowest BCUT2D eigenvalue weighted by Crippen LogP contribution is -2.46. The number of para-hydroxylation sites is 1. The molecule has 0 amide bonds. The van der Waals surface area contributed by atoms with Gasteiger partial charge in [0.1, 0.15) is 5.82 Å². The zero-order valence-corrected chi connectivity index (χ0v) is 18.0. The van der Waals surface area contributed by atoms with E-state index < -0.39 is 10.0 Å². The van der Waals surface area contributed by atoms with Crippen molar-refractivity contribution in [3.05, 3.63) is 83.5 Å². The summed E-state index contributed by atoms with van der Waals surface area (Å²) >= 11 is 6.08. The van der Waals surface area contributed by atoms with Gasteiger partial charge in [-0.3, -0.25) is 4.72 Å². The lowest BCUT2D eigenvalue weighted by atomic mass is 10.2. The molecular weight excluding hydrogens is 420 g/mol. The third-order valence-corrected chi connectivity index (χ3v) is 6.66. The van der Waals surface area contributed by atoms with E-state index in [9.17, 15) is 8.42 Å². The van der Waals surface area contributed by atoms with Crippen LogP contribution in [0.4, 0.5) is 17.2 Å². The van der Waals surface area contributed by atoms with Crippen LogP contribution in [0.25, 0.3) is 0 Å². The number of anilines is 3. The van der Waals surface area contributed by atoms with E-state index in [1.165, 1.54) is 5.69 Å². The summed E-state index contributed by atoms with van der Waals surface area (Å²) in [7, 11) is -3.58. The lowest BCUT2D eigenvalue weighted by molar-refractivity contribution is 0.600. The molecule has 6 nitrogen and oxygen atoms in total. The molecule has 0 spiro atoms. The van der Waals surface area contributed by atoms with Gasteiger partial charge in [-0.05, 0) is 35.9 Å². The number of hydrogen-bond acceptors (Lipinski definition) is 5. The minimum atomic E-state index is -3.58. The van der Waals surface area contributed by atoms with Crippen molar-refractivity contribution in [2.24, 2.45) is 0 Å². The molecule has 4 rings (SSSR count). The Balaban J connectivity index is 1.36. The predicted molar refractivity (Wildman–Crippen MR) is 123 cm³/mol. The quantitative estimate of drug-likeness (QED) is 0.625. The highest BCUT2D eigenvalue weighted by Gasteiger charge is 2.19. The molecule has 1 aromatic heterocycles. The van der Waals surface area contributed by atoms with Crippen molar-refractivity contribution >= 4 is 38.8 Å². The van der Waals surface area contributed by atoms with Crippen molar-refractivity contribution in [2.45, 2.75) is 5.75 Å². The predicted octanol–water partition coefficient (Wildman–Crippen LogP) is 4.00. The van der Waals surface area contributed by atoms with Crippen LogP contribution >= 0.6 is 11.6 Å². The van der Waals surface area contributed by atoms with Crippen LogP contribution in [0.1, 0.15) is 5.56 Å². The molecule has 1 aliphatic heterocycles. The van der Waals surface area contributed by atoms with Gasteiger partial charge < -0.3 is 9.80 Å². The Labute approximate surface area is 182 Å². The van der Waals surface area contributed by atoms with Gasteiger partial charge in [-0.2, -0.15) is 0 Å². The zero-order valence-electron chi connectivity index (χ0n) is 16.4. The molecule has 8 heteroatoms. The third kappa shape index (κ3) is 5.04. The fourth-order valence-corrected chi connectivity index (χ4v) is 5.00. The largest absolute Gasteiger partial charge is 0.368 e. The van der Waals surface area contributed by atoms with Gasteiger partial charge in [0.2, 0.25) is 10.0 Å².